The maximum absolute atomic E-state index is 13.1. The van der Waals surface area contributed by atoms with Crippen LogP contribution in [0.15, 0.2) is 36.4 Å². The molecule has 0 aliphatic carbocycles. The van der Waals surface area contributed by atoms with Crippen molar-refractivity contribution in [2.45, 2.75) is 6.61 Å². The third kappa shape index (κ3) is 3.21. The van der Waals surface area contributed by atoms with Crippen molar-refractivity contribution >= 4 is 34.9 Å². The molecular weight excluding hydrogens is 304 g/mol. The van der Waals surface area contributed by atoms with E-state index in [4.69, 9.17) is 33.7 Å². The normalized spacial score (nSPS) is 10.3. The van der Waals surface area contributed by atoms with Crippen LogP contribution in [0.4, 0.5) is 10.1 Å². The van der Waals surface area contributed by atoms with Gasteiger partial charge >= 0.3 is 5.97 Å². The summed E-state index contributed by atoms with van der Waals surface area (Å²) in [4.78, 5) is 11.9. The minimum Gasteiger partial charge on any atom is -0.457 e. The van der Waals surface area contributed by atoms with Gasteiger partial charge in [0.15, 0.2) is 0 Å². The van der Waals surface area contributed by atoms with Crippen LogP contribution < -0.4 is 5.73 Å². The quantitative estimate of drug-likeness (QED) is 0.686. The van der Waals surface area contributed by atoms with Gasteiger partial charge in [-0.15, -0.1) is 0 Å². The second-order valence-electron chi connectivity index (χ2n) is 4.02. The fourth-order valence-corrected chi connectivity index (χ4v) is 1.96. The smallest absolute Gasteiger partial charge is 0.340 e. The van der Waals surface area contributed by atoms with Crippen molar-refractivity contribution in [1.29, 1.82) is 0 Å². The molecule has 6 heteroatoms. The van der Waals surface area contributed by atoms with Gasteiger partial charge in [-0.25, -0.2) is 9.18 Å². The summed E-state index contributed by atoms with van der Waals surface area (Å²) >= 11 is 11.8. The number of benzene rings is 2. The summed E-state index contributed by atoms with van der Waals surface area (Å²) in [6.07, 6.45) is 0. The van der Waals surface area contributed by atoms with E-state index in [1.165, 1.54) is 24.3 Å². The first-order valence-corrected chi connectivity index (χ1v) is 6.39. The van der Waals surface area contributed by atoms with E-state index >= 15 is 0 Å². The van der Waals surface area contributed by atoms with Crippen LogP contribution in [0.5, 0.6) is 0 Å². The number of nitrogens with two attached hydrogens (primary N) is 1. The van der Waals surface area contributed by atoms with E-state index in [2.05, 4.69) is 0 Å². The number of carbonyl (C=O) groups excluding carboxylic acids is 1. The molecule has 0 saturated heterocycles. The van der Waals surface area contributed by atoms with Crippen LogP contribution in [0, 0.1) is 5.82 Å². The molecule has 0 unspecified atom stereocenters. The summed E-state index contributed by atoms with van der Waals surface area (Å²) in [7, 11) is 0. The molecule has 0 bridgehead atoms. The van der Waals surface area contributed by atoms with E-state index in [0.717, 1.165) is 0 Å². The zero-order valence-corrected chi connectivity index (χ0v) is 11.7. The maximum Gasteiger partial charge on any atom is 0.340 e. The first-order chi connectivity index (χ1) is 9.49. The summed E-state index contributed by atoms with van der Waals surface area (Å²) in [5, 5.41) is 0.445. The van der Waals surface area contributed by atoms with Crippen molar-refractivity contribution in [2.24, 2.45) is 0 Å². The predicted molar refractivity (Wildman–Crippen MR) is 76.4 cm³/mol. The molecule has 104 valence electrons. The maximum atomic E-state index is 13.1. The largest absolute Gasteiger partial charge is 0.457 e. The Labute approximate surface area is 125 Å². The highest BCUT2D eigenvalue weighted by Crippen LogP contribution is 2.24. The van der Waals surface area contributed by atoms with E-state index in [9.17, 15) is 9.18 Å². The zero-order chi connectivity index (χ0) is 14.7. The van der Waals surface area contributed by atoms with Gasteiger partial charge in [0.05, 0.1) is 16.3 Å². The van der Waals surface area contributed by atoms with Gasteiger partial charge in [-0.1, -0.05) is 29.3 Å². The number of nitrogen functional groups attached to an aromatic ring is 1. The summed E-state index contributed by atoms with van der Waals surface area (Å²) in [6.45, 7) is -0.152. The van der Waals surface area contributed by atoms with Crippen LogP contribution >= 0.6 is 23.2 Å². The van der Waals surface area contributed by atoms with Crippen molar-refractivity contribution in [1.82, 2.24) is 0 Å². The molecular formula is C14H10Cl2FNO2. The van der Waals surface area contributed by atoms with Crippen LogP contribution in [0.3, 0.4) is 0 Å². The minimum atomic E-state index is -0.650. The summed E-state index contributed by atoms with van der Waals surface area (Å²) in [5.74, 6) is -1.11. The number of hydrogen-bond donors (Lipinski definition) is 1. The van der Waals surface area contributed by atoms with Crippen LogP contribution in [0.1, 0.15) is 15.9 Å². The lowest BCUT2D eigenvalue weighted by Gasteiger charge is -2.08. The van der Waals surface area contributed by atoms with Gasteiger partial charge in [0.2, 0.25) is 0 Å². The fourth-order valence-electron chi connectivity index (χ4n) is 1.58. The number of anilines is 1. The number of hydrogen-bond acceptors (Lipinski definition) is 3. The first kappa shape index (κ1) is 14.6. The van der Waals surface area contributed by atoms with Gasteiger partial charge in [-0.3, -0.25) is 0 Å². The highest BCUT2D eigenvalue weighted by atomic mass is 35.5. The number of halogens is 3. The molecule has 0 saturated carbocycles. The Bertz CT molecular complexity index is 662. The second-order valence-corrected chi connectivity index (χ2v) is 4.81. The van der Waals surface area contributed by atoms with Crippen molar-refractivity contribution in [3.8, 4) is 0 Å². The average molecular weight is 314 g/mol. The number of ether oxygens (including phenoxy) is 1. The van der Waals surface area contributed by atoms with Crippen molar-refractivity contribution in [3.05, 3.63) is 63.4 Å². The highest BCUT2D eigenvalue weighted by molar-refractivity contribution is 6.36. The Morgan fingerprint density at radius 3 is 2.75 bits per heavy atom. The molecule has 0 aromatic heterocycles. The van der Waals surface area contributed by atoms with E-state index in [1.807, 2.05) is 0 Å². The molecule has 2 N–H and O–H groups in total. The molecule has 0 aliphatic heterocycles. The Hall–Kier alpha value is -1.78. The van der Waals surface area contributed by atoms with Crippen LogP contribution in [0.2, 0.25) is 10.0 Å². The molecule has 0 aliphatic rings. The Kier molecular flexibility index (Phi) is 4.47. The average Bonchev–Trinajstić information content (AvgIpc) is 2.42. The monoisotopic (exact) mass is 313 g/mol. The number of esters is 1. The van der Waals surface area contributed by atoms with E-state index < -0.39 is 11.8 Å². The lowest BCUT2D eigenvalue weighted by atomic mass is 10.2. The fraction of sp³-hybridized carbons (Fsp3) is 0.0714. The van der Waals surface area contributed by atoms with Crippen molar-refractivity contribution in [3.63, 3.8) is 0 Å². The van der Waals surface area contributed by atoms with Crippen LogP contribution in [0.25, 0.3) is 0 Å². The SMILES string of the molecule is Nc1cccc(C(=O)OCc2cc(F)ccc2Cl)c1Cl. The van der Waals surface area contributed by atoms with E-state index in [0.29, 0.717) is 10.6 Å². The topological polar surface area (TPSA) is 52.3 Å². The molecule has 20 heavy (non-hydrogen) atoms. The van der Waals surface area contributed by atoms with E-state index in [-0.39, 0.29) is 22.9 Å². The molecule has 0 amide bonds. The first-order valence-electron chi connectivity index (χ1n) is 5.64. The van der Waals surface area contributed by atoms with Gasteiger partial charge in [0.25, 0.3) is 0 Å². The van der Waals surface area contributed by atoms with Gasteiger partial charge in [-0.2, -0.15) is 0 Å². The van der Waals surface area contributed by atoms with Gasteiger partial charge < -0.3 is 10.5 Å². The standard InChI is InChI=1S/C14H10Cl2FNO2/c15-11-5-4-9(17)6-8(11)7-20-14(19)10-2-1-3-12(18)13(10)16/h1-6H,7,18H2. The molecule has 0 radical (unpaired) electrons. The zero-order valence-electron chi connectivity index (χ0n) is 10.2. The highest BCUT2D eigenvalue weighted by Gasteiger charge is 2.14. The lowest BCUT2D eigenvalue weighted by Crippen LogP contribution is -2.07. The minimum absolute atomic E-state index is 0.128. The van der Waals surface area contributed by atoms with Gasteiger partial charge in [0, 0.05) is 10.6 Å². The van der Waals surface area contributed by atoms with Crippen molar-refractivity contribution < 1.29 is 13.9 Å². The van der Waals surface area contributed by atoms with Gasteiger partial charge in [0.1, 0.15) is 12.4 Å². The molecule has 2 rings (SSSR count). The molecule has 0 spiro atoms. The molecule has 0 fully saturated rings. The molecule has 2 aromatic carbocycles. The Morgan fingerprint density at radius 1 is 1.25 bits per heavy atom. The summed E-state index contributed by atoms with van der Waals surface area (Å²) < 4.78 is 18.1. The third-order valence-corrected chi connectivity index (χ3v) is 3.41. The van der Waals surface area contributed by atoms with E-state index in [1.54, 1.807) is 12.1 Å². The Morgan fingerprint density at radius 2 is 2.00 bits per heavy atom. The van der Waals surface area contributed by atoms with Gasteiger partial charge in [-0.05, 0) is 30.3 Å². The molecule has 2 aromatic rings. The lowest BCUT2D eigenvalue weighted by molar-refractivity contribution is 0.0472. The molecule has 0 atom stereocenters. The molecule has 0 heterocycles. The van der Waals surface area contributed by atoms with Crippen LogP contribution in [-0.4, -0.2) is 5.97 Å². The summed E-state index contributed by atoms with van der Waals surface area (Å²) in [6, 6.07) is 8.48. The molecule has 3 nitrogen and oxygen atoms in total. The van der Waals surface area contributed by atoms with Crippen molar-refractivity contribution in [2.75, 3.05) is 5.73 Å². The summed E-state index contributed by atoms with van der Waals surface area (Å²) in [5.41, 5.74) is 6.41. The number of rotatable bonds is 3. The number of carbonyl (C=O) groups is 1. The second kappa shape index (κ2) is 6.11. The predicted octanol–water partition coefficient (Wildman–Crippen LogP) is 4.07. The van der Waals surface area contributed by atoms with Crippen LogP contribution in [-0.2, 0) is 11.3 Å². The third-order valence-electron chi connectivity index (χ3n) is 2.62. The Balaban J connectivity index is 2.13.